The topological polar surface area (TPSA) is 59.0 Å². The Morgan fingerprint density at radius 3 is 2.62 bits per heavy atom. The van der Waals surface area contributed by atoms with Crippen LogP contribution in [0.15, 0.2) is 18.2 Å². The van der Waals surface area contributed by atoms with E-state index in [2.05, 4.69) is 0 Å². The number of ether oxygens (including phenoxy) is 2. The van der Waals surface area contributed by atoms with Gasteiger partial charge >= 0.3 is 0 Å². The van der Waals surface area contributed by atoms with Crippen molar-refractivity contribution < 1.29 is 19.4 Å². The summed E-state index contributed by atoms with van der Waals surface area (Å²) < 4.78 is 10.4. The van der Waals surface area contributed by atoms with E-state index in [1.165, 1.54) is 0 Å². The van der Waals surface area contributed by atoms with Gasteiger partial charge in [0.25, 0.3) is 0 Å². The largest absolute Gasteiger partial charge is 0.497 e. The number of methoxy groups -OCH3 is 2. The van der Waals surface area contributed by atoms with Crippen molar-refractivity contribution in [1.29, 1.82) is 0 Å². The van der Waals surface area contributed by atoms with E-state index in [9.17, 15) is 9.90 Å². The first-order valence-corrected chi connectivity index (χ1v) is 7.22. The van der Waals surface area contributed by atoms with Crippen molar-refractivity contribution in [2.24, 2.45) is 0 Å². The first kappa shape index (κ1) is 15.6. The summed E-state index contributed by atoms with van der Waals surface area (Å²) in [5, 5.41) is 10.1. The van der Waals surface area contributed by atoms with Gasteiger partial charge in [0.1, 0.15) is 11.5 Å². The number of nitrogens with zero attached hydrogens (tertiary/aromatic N) is 1. The van der Waals surface area contributed by atoms with E-state index in [1.807, 2.05) is 19.1 Å². The predicted molar refractivity (Wildman–Crippen MR) is 79.7 cm³/mol. The molecule has 0 aliphatic carbocycles. The Kier molecular flexibility index (Phi) is 4.73. The highest BCUT2D eigenvalue weighted by Crippen LogP contribution is 2.29. The van der Waals surface area contributed by atoms with Crippen LogP contribution in [0.5, 0.6) is 11.5 Å². The zero-order chi connectivity index (χ0) is 15.5. The molecule has 1 amide bonds. The van der Waals surface area contributed by atoms with Gasteiger partial charge in [0.15, 0.2) is 0 Å². The highest BCUT2D eigenvalue weighted by molar-refractivity contribution is 5.80. The summed E-state index contributed by atoms with van der Waals surface area (Å²) in [6, 6.07) is 5.42. The van der Waals surface area contributed by atoms with Crippen LogP contribution in [0.2, 0.25) is 0 Å². The average molecular weight is 293 g/mol. The molecule has 116 valence electrons. The highest BCUT2D eigenvalue weighted by atomic mass is 16.5. The molecule has 2 rings (SSSR count). The minimum atomic E-state index is -0.686. The number of β-amino-alcohol motifs (C(OH)–C–C–N with tert-alkyl or cyclic N) is 1. The van der Waals surface area contributed by atoms with Gasteiger partial charge < -0.3 is 19.5 Å². The predicted octanol–water partition coefficient (Wildman–Crippen LogP) is 1.62. The lowest BCUT2D eigenvalue weighted by Gasteiger charge is -2.46. The second kappa shape index (κ2) is 6.35. The molecular formula is C16H23NO4. The second-order valence-corrected chi connectivity index (χ2v) is 5.58. The zero-order valence-corrected chi connectivity index (χ0v) is 12.9. The van der Waals surface area contributed by atoms with Crippen LogP contribution in [0.1, 0.15) is 25.3 Å². The molecule has 1 aliphatic heterocycles. The van der Waals surface area contributed by atoms with Crippen LogP contribution in [0.3, 0.4) is 0 Å². The lowest BCUT2D eigenvalue weighted by molar-refractivity contribution is -0.155. The molecule has 1 aromatic rings. The number of aliphatic hydroxyl groups is 1. The summed E-state index contributed by atoms with van der Waals surface area (Å²) in [6.07, 6.45) is 1.93. The van der Waals surface area contributed by atoms with Gasteiger partial charge in [0, 0.05) is 11.6 Å². The molecule has 0 saturated carbocycles. The number of amides is 1. The standard InChI is InChI=1S/C16H23NO4/c1-4-7-16(19)10-17(11-16)15(18)8-12-5-6-13(20-2)9-14(12)21-3/h5-6,9,19H,4,7-8,10-11H2,1-3H3. The number of hydrogen-bond donors (Lipinski definition) is 1. The molecule has 0 aromatic heterocycles. The SMILES string of the molecule is CCCC1(O)CN(C(=O)Cc2ccc(OC)cc2OC)C1. The van der Waals surface area contributed by atoms with Crippen LogP contribution in [-0.2, 0) is 11.2 Å². The normalized spacial score (nSPS) is 16.3. The average Bonchev–Trinajstić information content (AvgIpc) is 2.45. The number of rotatable bonds is 6. The molecule has 0 atom stereocenters. The van der Waals surface area contributed by atoms with Crippen LogP contribution in [0.4, 0.5) is 0 Å². The van der Waals surface area contributed by atoms with E-state index in [0.29, 0.717) is 24.6 Å². The molecule has 5 nitrogen and oxygen atoms in total. The van der Waals surface area contributed by atoms with E-state index in [0.717, 1.165) is 18.4 Å². The molecule has 0 spiro atoms. The van der Waals surface area contributed by atoms with Gasteiger partial charge in [0.2, 0.25) is 5.91 Å². The molecule has 21 heavy (non-hydrogen) atoms. The van der Waals surface area contributed by atoms with Crippen molar-refractivity contribution >= 4 is 5.91 Å². The quantitative estimate of drug-likeness (QED) is 0.866. The molecule has 1 fully saturated rings. The van der Waals surface area contributed by atoms with Crippen molar-refractivity contribution in [1.82, 2.24) is 4.90 Å². The highest BCUT2D eigenvalue weighted by Gasteiger charge is 2.42. The Morgan fingerprint density at radius 1 is 1.33 bits per heavy atom. The lowest BCUT2D eigenvalue weighted by atomic mass is 9.89. The molecule has 1 heterocycles. The molecular weight excluding hydrogens is 270 g/mol. The summed E-state index contributed by atoms with van der Waals surface area (Å²) in [5.74, 6) is 1.36. The lowest BCUT2D eigenvalue weighted by Crippen LogP contribution is -2.63. The smallest absolute Gasteiger partial charge is 0.227 e. The summed E-state index contributed by atoms with van der Waals surface area (Å²) in [6.45, 7) is 2.89. The van der Waals surface area contributed by atoms with E-state index in [-0.39, 0.29) is 12.3 Å². The minimum Gasteiger partial charge on any atom is -0.497 e. The third-order valence-corrected chi connectivity index (χ3v) is 3.87. The van der Waals surface area contributed by atoms with Crippen molar-refractivity contribution in [2.75, 3.05) is 27.3 Å². The fourth-order valence-corrected chi connectivity index (χ4v) is 2.74. The maximum atomic E-state index is 12.2. The van der Waals surface area contributed by atoms with E-state index < -0.39 is 5.60 Å². The second-order valence-electron chi connectivity index (χ2n) is 5.58. The van der Waals surface area contributed by atoms with Crippen molar-refractivity contribution in [3.8, 4) is 11.5 Å². The van der Waals surface area contributed by atoms with Crippen molar-refractivity contribution in [3.05, 3.63) is 23.8 Å². The molecule has 0 bridgehead atoms. The first-order valence-electron chi connectivity index (χ1n) is 7.22. The Hall–Kier alpha value is -1.75. The van der Waals surface area contributed by atoms with Crippen molar-refractivity contribution in [3.63, 3.8) is 0 Å². The molecule has 1 saturated heterocycles. The van der Waals surface area contributed by atoms with Gasteiger partial charge in [-0.2, -0.15) is 0 Å². The third-order valence-electron chi connectivity index (χ3n) is 3.87. The number of benzene rings is 1. The third kappa shape index (κ3) is 3.47. The Balaban J connectivity index is 1.98. The van der Waals surface area contributed by atoms with E-state index in [1.54, 1.807) is 25.2 Å². The van der Waals surface area contributed by atoms with Gasteiger partial charge in [-0.15, -0.1) is 0 Å². The van der Waals surface area contributed by atoms with Gasteiger partial charge in [0.05, 0.1) is 39.3 Å². The Labute approximate surface area is 125 Å². The Bertz CT molecular complexity index is 509. The Morgan fingerprint density at radius 2 is 2.05 bits per heavy atom. The maximum absolute atomic E-state index is 12.2. The van der Waals surface area contributed by atoms with Crippen LogP contribution in [0, 0.1) is 0 Å². The fraction of sp³-hybridized carbons (Fsp3) is 0.562. The molecule has 5 heteroatoms. The summed E-state index contributed by atoms with van der Waals surface area (Å²) in [4.78, 5) is 13.9. The van der Waals surface area contributed by atoms with Crippen LogP contribution < -0.4 is 9.47 Å². The number of hydrogen-bond acceptors (Lipinski definition) is 4. The van der Waals surface area contributed by atoms with Gasteiger partial charge in [-0.1, -0.05) is 19.4 Å². The van der Waals surface area contributed by atoms with Gasteiger partial charge in [-0.3, -0.25) is 4.79 Å². The van der Waals surface area contributed by atoms with Gasteiger partial charge in [-0.05, 0) is 12.5 Å². The first-order chi connectivity index (χ1) is 10.0. The van der Waals surface area contributed by atoms with Crippen LogP contribution >= 0.6 is 0 Å². The molecule has 1 aliphatic rings. The van der Waals surface area contributed by atoms with Crippen LogP contribution in [-0.4, -0.2) is 48.8 Å². The molecule has 1 N–H and O–H groups in total. The van der Waals surface area contributed by atoms with Crippen molar-refractivity contribution in [2.45, 2.75) is 31.8 Å². The molecule has 1 aromatic carbocycles. The minimum absolute atomic E-state index is 0.0132. The number of carbonyl (C=O) groups is 1. The van der Waals surface area contributed by atoms with E-state index in [4.69, 9.17) is 9.47 Å². The van der Waals surface area contributed by atoms with Gasteiger partial charge in [-0.25, -0.2) is 0 Å². The number of likely N-dealkylation sites (tertiary alicyclic amines) is 1. The fourth-order valence-electron chi connectivity index (χ4n) is 2.74. The van der Waals surface area contributed by atoms with E-state index >= 15 is 0 Å². The monoisotopic (exact) mass is 293 g/mol. The summed E-state index contributed by atoms with van der Waals surface area (Å²) in [7, 11) is 3.17. The zero-order valence-electron chi connectivity index (χ0n) is 12.9. The maximum Gasteiger partial charge on any atom is 0.227 e. The molecule has 0 unspecified atom stereocenters. The molecule has 0 radical (unpaired) electrons. The summed E-state index contributed by atoms with van der Waals surface area (Å²) >= 11 is 0. The van der Waals surface area contributed by atoms with Crippen LogP contribution in [0.25, 0.3) is 0 Å². The summed E-state index contributed by atoms with van der Waals surface area (Å²) in [5.41, 5.74) is 0.142. The number of carbonyl (C=O) groups excluding carboxylic acids is 1.